The molecule has 0 saturated heterocycles. The Labute approximate surface area is 92.6 Å². The van der Waals surface area contributed by atoms with Crippen LogP contribution in [0.1, 0.15) is 25.0 Å². The number of aryl methyl sites for hydroxylation is 1. The minimum Gasteiger partial charge on any atom is -0.0961 e. The van der Waals surface area contributed by atoms with Crippen LogP contribution in [0.3, 0.4) is 0 Å². The molecule has 0 heteroatoms. The molecule has 1 rings (SSSR count). The molecule has 0 bridgehead atoms. The van der Waals surface area contributed by atoms with Crippen LogP contribution < -0.4 is 0 Å². The van der Waals surface area contributed by atoms with Gasteiger partial charge in [-0.2, -0.15) is 0 Å². The van der Waals surface area contributed by atoms with Crippen molar-refractivity contribution in [3.63, 3.8) is 0 Å². The molecule has 78 valence electrons. The van der Waals surface area contributed by atoms with Crippen LogP contribution in [-0.4, -0.2) is 0 Å². The summed E-state index contributed by atoms with van der Waals surface area (Å²) in [6.07, 6.45) is 5.06. The summed E-state index contributed by atoms with van der Waals surface area (Å²) >= 11 is 0. The SMILES string of the molecule is C=C(C)/C=C\C(=C)c1ccc(CC)cc1. The lowest BCUT2D eigenvalue weighted by Gasteiger charge is -2.02. The van der Waals surface area contributed by atoms with Gasteiger partial charge in [0.1, 0.15) is 0 Å². The molecule has 0 aromatic heterocycles. The zero-order chi connectivity index (χ0) is 11.3. The van der Waals surface area contributed by atoms with Crippen molar-refractivity contribution in [2.75, 3.05) is 0 Å². The van der Waals surface area contributed by atoms with Crippen molar-refractivity contribution in [3.8, 4) is 0 Å². The van der Waals surface area contributed by atoms with Crippen LogP contribution in [0.5, 0.6) is 0 Å². The van der Waals surface area contributed by atoms with Gasteiger partial charge in [0, 0.05) is 0 Å². The van der Waals surface area contributed by atoms with Crippen molar-refractivity contribution in [3.05, 3.63) is 66.3 Å². The van der Waals surface area contributed by atoms with E-state index in [1.165, 1.54) is 11.1 Å². The van der Waals surface area contributed by atoms with Gasteiger partial charge in [0.05, 0.1) is 0 Å². The van der Waals surface area contributed by atoms with E-state index in [9.17, 15) is 0 Å². The Morgan fingerprint density at radius 2 is 1.73 bits per heavy atom. The first-order valence-electron chi connectivity index (χ1n) is 5.25. The van der Waals surface area contributed by atoms with E-state index < -0.39 is 0 Å². The number of allylic oxidation sites excluding steroid dienone is 4. The van der Waals surface area contributed by atoms with Crippen LogP contribution in [0.4, 0.5) is 0 Å². The minimum atomic E-state index is 1.03. The molecule has 0 fully saturated rings. The predicted octanol–water partition coefficient (Wildman–Crippen LogP) is 4.39. The normalized spacial score (nSPS) is 10.5. The third-order valence-corrected chi connectivity index (χ3v) is 2.30. The first-order valence-corrected chi connectivity index (χ1v) is 5.25. The Hall–Kier alpha value is -1.56. The van der Waals surface area contributed by atoms with E-state index >= 15 is 0 Å². The largest absolute Gasteiger partial charge is 0.0961 e. The first-order chi connectivity index (χ1) is 7.13. The zero-order valence-corrected chi connectivity index (χ0v) is 9.59. The number of hydrogen-bond acceptors (Lipinski definition) is 0. The quantitative estimate of drug-likeness (QED) is 0.629. The van der Waals surface area contributed by atoms with E-state index in [1.54, 1.807) is 0 Å². The molecule has 0 unspecified atom stereocenters. The first kappa shape index (κ1) is 11.5. The molecule has 0 amide bonds. The maximum absolute atomic E-state index is 4.02. The van der Waals surface area contributed by atoms with E-state index in [4.69, 9.17) is 0 Å². The van der Waals surface area contributed by atoms with Crippen molar-refractivity contribution in [2.24, 2.45) is 0 Å². The highest BCUT2D eigenvalue weighted by Crippen LogP contribution is 2.15. The third-order valence-electron chi connectivity index (χ3n) is 2.30. The second kappa shape index (κ2) is 5.35. The average Bonchev–Trinajstić information content (AvgIpc) is 2.26. The summed E-state index contributed by atoms with van der Waals surface area (Å²) in [5, 5.41) is 0. The fraction of sp³-hybridized carbons (Fsp3) is 0.200. The van der Waals surface area contributed by atoms with E-state index in [0.29, 0.717) is 0 Å². The monoisotopic (exact) mass is 198 g/mol. The van der Waals surface area contributed by atoms with E-state index in [-0.39, 0.29) is 0 Å². The Morgan fingerprint density at radius 1 is 1.13 bits per heavy atom. The van der Waals surface area contributed by atoms with Gasteiger partial charge in [-0.05, 0) is 30.0 Å². The Bertz CT molecular complexity index is 377. The average molecular weight is 198 g/mol. The number of rotatable bonds is 4. The standard InChI is InChI=1S/C15H18/c1-5-14-8-10-15(11-9-14)13(4)7-6-12(2)3/h6-11H,2,4-5H2,1,3H3/b7-6-. The molecule has 1 aromatic rings. The third kappa shape index (κ3) is 3.59. The molecular formula is C15H18. The molecule has 0 aliphatic heterocycles. The summed E-state index contributed by atoms with van der Waals surface area (Å²) in [5.41, 5.74) is 4.60. The van der Waals surface area contributed by atoms with Crippen molar-refractivity contribution in [2.45, 2.75) is 20.3 Å². The molecule has 1 aromatic carbocycles. The zero-order valence-electron chi connectivity index (χ0n) is 9.59. The molecule has 0 aliphatic carbocycles. The highest BCUT2D eigenvalue weighted by atomic mass is 14.0. The maximum atomic E-state index is 4.02. The van der Waals surface area contributed by atoms with Crippen molar-refractivity contribution >= 4 is 5.57 Å². The van der Waals surface area contributed by atoms with Gasteiger partial charge in [0.25, 0.3) is 0 Å². The van der Waals surface area contributed by atoms with Crippen LogP contribution in [0.2, 0.25) is 0 Å². The molecule has 0 saturated carbocycles. The van der Waals surface area contributed by atoms with Crippen LogP contribution in [0.15, 0.2) is 55.1 Å². The lowest BCUT2D eigenvalue weighted by atomic mass is 10.0. The smallest absolute Gasteiger partial charge is 0.0190 e. The summed E-state index contributed by atoms with van der Waals surface area (Å²) in [5.74, 6) is 0. The highest BCUT2D eigenvalue weighted by Gasteiger charge is 1.94. The van der Waals surface area contributed by atoms with Crippen LogP contribution >= 0.6 is 0 Å². The molecule has 0 aliphatic rings. The summed E-state index contributed by atoms with van der Waals surface area (Å²) in [6, 6.07) is 8.53. The summed E-state index contributed by atoms with van der Waals surface area (Å²) in [7, 11) is 0. The molecule has 0 radical (unpaired) electrons. The van der Waals surface area contributed by atoms with Crippen LogP contribution in [0.25, 0.3) is 5.57 Å². The van der Waals surface area contributed by atoms with E-state index in [1.807, 2.05) is 19.1 Å². The summed E-state index contributed by atoms with van der Waals surface area (Å²) in [4.78, 5) is 0. The van der Waals surface area contributed by atoms with Crippen molar-refractivity contribution < 1.29 is 0 Å². The lowest BCUT2D eigenvalue weighted by Crippen LogP contribution is -1.82. The van der Waals surface area contributed by atoms with Gasteiger partial charge in [-0.25, -0.2) is 0 Å². The van der Waals surface area contributed by atoms with Gasteiger partial charge < -0.3 is 0 Å². The lowest BCUT2D eigenvalue weighted by molar-refractivity contribution is 1.14. The summed E-state index contributed by atoms with van der Waals surface area (Å²) < 4.78 is 0. The van der Waals surface area contributed by atoms with E-state index in [2.05, 4.69) is 44.3 Å². The second-order valence-electron chi connectivity index (χ2n) is 3.76. The van der Waals surface area contributed by atoms with Crippen molar-refractivity contribution in [1.82, 2.24) is 0 Å². The second-order valence-corrected chi connectivity index (χ2v) is 3.76. The molecule has 0 nitrogen and oxygen atoms in total. The van der Waals surface area contributed by atoms with E-state index in [0.717, 1.165) is 17.6 Å². The van der Waals surface area contributed by atoms with Gasteiger partial charge in [-0.15, -0.1) is 0 Å². The van der Waals surface area contributed by atoms with Gasteiger partial charge >= 0.3 is 0 Å². The summed E-state index contributed by atoms with van der Waals surface area (Å²) in [6.45, 7) is 12.0. The maximum Gasteiger partial charge on any atom is -0.0190 e. The molecule has 0 spiro atoms. The predicted molar refractivity (Wildman–Crippen MR) is 68.8 cm³/mol. The van der Waals surface area contributed by atoms with Crippen LogP contribution in [-0.2, 0) is 6.42 Å². The molecular weight excluding hydrogens is 180 g/mol. The molecule has 0 N–H and O–H groups in total. The van der Waals surface area contributed by atoms with Gasteiger partial charge in [0.15, 0.2) is 0 Å². The van der Waals surface area contributed by atoms with Gasteiger partial charge in [-0.1, -0.05) is 62.1 Å². The van der Waals surface area contributed by atoms with Gasteiger partial charge in [0.2, 0.25) is 0 Å². The van der Waals surface area contributed by atoms with Gasteiger partial charge in [-0.3, -0.25) is 0 Å². The van der Waals surface area contributed by atoms with Crippen LogP contribution in [0, 0.1) is 0 Å². The Morgan fingerprint density at radius 3 is 2.20 bits per heavy atom. The molecule has 0 heterocycles. The Kier molecular flexibility index (Phi) is 4.11. The molecule has 0 atom stereocenters. The fourth-order valence-corrected chi connectivity index (χ4v) is 1.29. The molecule has 15 heavy (non-hydrogen) atoms. The number of hydrogen-bond donors (Lipinski definition) is 0. The highest BCUT2D eigenvalue weighted by molar-refractivity contribution is 5.72. The topological polar surface area (TPSA) is 0 Å². The Balaban J connectivity index is 2.79. The fourth-order valence-electron chi connectivity index (χ4n) is 1.29. The minimum absolute atomic E-state index is 1.03. The number of benzene rings is 1. The van der Waals surface area contributed by atoms with Crippen molar-refractivity contribution in [1.29, 1.82) is 0 Å².